The van der Waals surface area contributed by atoms with Gasteiger partial charge in [0.25, 0.3) is 0 Å². The lowest BCUT2D eigenvalue weighted by Gasteiger charge is -2.33. The second-order valence-corrected chi connectivity index (χ2v) is 17.5. The van der Waals surface area contributed by atoms with Crippen LogP contribution in [0.2, 0.25) is 0 Å². The van der Waals surface area contributed by atoms with Crippen molar-refractivity contribution in [1.29, 1.82) is 0 Å². The van der Waals surface area contributed by atoms with E-state index in [1.807, 2.05) is 0 Å². The van der Waals surface area contributed by atoms with Gasteiger partial charge in [-0.2, -0.15) is 0 Å². The average Bonchev–Trinajstić information content (AvgIpc) is 3.17. The van der Waals surface area contributed by atoms with E-state index in [0.717, 1.165) is 0 Å². The van der Waals surface area contributed by atoms with Gasteiger partial charge in [0.05, 0.1) is 0 Å². The van der Waals surface area contributed by atoms with Gasteiger partial charge in [-0.05, 0) is 149 Å². The molecule has 55 heavy (non-hydrogen) atoms. The molecule has 0 fully saturated rings. The number of benzene rings is 8. The summed E-state index contributed by atoms with van der Waals surface area (Å²) in [7, 11) is 0. The number of fused-ring (bicyclic) bond motifs is 6. The third-order valence-electron chi connectivity index (χ3n) is 11.7. The molecule has 8 aromatic carbocycles. The normalized spacial score (nSPS) is 12.4. The Kier molecular flexibility index (Phi) is 8.13. The molecule has 0 unspecified atom stereocenters. The van der Waals surface area contributed by atoms with Gasteiger partial charge in [0, 0.05) is 17.1 Å². The summed E-state index contributed by atoms with van der Waals surface area (Å²) in [4.78, 5) is 2.51. The van der Waals surface area contributed by atoms with Gasteiger partial charge in [0.2, 0.25) is 0 Å². The highest BCUT2D eigenvalue weighted by molar-refractivity contribution is 6.26. The van der Waals surface area contributed by atoms with Gasteiger partial charge in [0.1, 0.15) is 0 Å². The largest absolute Gasteiger partial charge is 0.310 e. The Morgan fingerprint density at radius 1 is 0.382 bits per heavy atom. The summed E-state index contributed by atoms with van der Waals surface area (Å²) in [5.74, 6) is 0. The van der Waals surface area contributed by atoms with Gasteiger partial charge in [-0.3, -0.25) is 0 Å². The predicted octanol–water partition coefficient (Wildman–Crippen LogP) is 15.7. The number of hydrogen-bond donors (Lipinski definition) is 0. The molecule has 0 spiro atoms. The van der Waals surface area contributed by atoms with Crippen LogP contribution in [0.5, 0.6) is 0 Å². The van der Waals surface area contributed by atoms with Crippen LogP contribution in [0.4, 0.5) is 17.1 Å². The minimum Gasteiger partial charge on any atom is -0.310 e. The predicted molar refractivity (Wildman–Crippen MR) is 238 cm³/mol. The maximum atomic E-state index is 2.51. The lowest BCUT2D eigenvalue weighted by atomic mass is 9.70. The van der Waals surface area contributed by atoms with Gasteiger partial charge in [-0.1, -0.05) is 157 Å². The maximum Gasteiger partial charge on any atom is 0.0493 e. The molecule has 0 saturated carbocycles. The van der Waals surface area contributed by atoms with Crippen LogP contribution in [0.3, 0.4) is 0 Å². The van der Waals surface area contributed by atoms with Crippen molar-refractivity contribution in [3.8, 4) is 44.5 Å². The highest BCUT2D eigenvalue weighted by Gasteiger charge is 2.33. The molecule has 0 radical (unpaired) electrons. The first kappa shape index (κ1) is 34.8. The fourth-order valence-electron chi connectivity index (χ4n) is 8.60. The number of anilines is 3. The fourth-order valence-corrected chi connectivity index (χ4v) is 8.60. The first-order valence-corrected chi connectivity index (χ1v) is 19.7. The van der Waals surface area contributed by atoms with E-state index in [0.29, 0.717) is 0 Å². The zero-order valence-corrected chi connectivity index (χ0v) is 33.4. The molecular formula is C54H49N. The molecule has 0 aliphatic heterocycles. The molecule has 0 saturated heterocycles. The van der Waals surface area contributed by atoms with Crippen LogP contribution in [0.25, 0.3) is 66.1 Å². The Labute approximate surface area is 326 Å². The maximum absolute atomic E-state index is 2.51. The highest BCUT2D eigenvalue weighted by atomic mass is 15.1. The van der Waals surface area contributed by atoms with Crippen LogP contribution in [0, 0.1) is 13.8 Å². The second kappa shape index (κ2) is 12.8. The molecule has 1 heteroatoms. The number of nitrogens with zero attached hydrogens (tertiary/aromatic N) is 1. The Morgan fingerprint density at radius 2 is 0.818 bits per heavy atom. The molecule has 9 rings (SSSR count). The van der Waals surface area contributed by atoms with Crippen molar-refractivity contribution in [1.82, 2.24) is 0 Å². The summed E-state index contributed by atoms with van der Waals surface area (Å²) in [6.07, 6.45) is 0. The number of rotatable bonds is 5. The van der Waals surface area contributed by atoms with Crippen molar-refractivity contribution in [3.05, 3.63) is 174 Å². The molecule has 8 aromatic rings. The van der Waals surface area contributed by atoms with E-state index in [9.17, 15) is 0 Å². The molecule has 1 nitrogen and oxygen atoms in total. The summed E-state index contributed by atoms with van der Waals surface area (Å²) in [5.41, 5.74) is 19.3. The third kappa shape index (κ3) is 5.85. The molecule has 1 aliphatic rings. The molecule has 0 N–H and O–H groups in total. The van der Waals surface area contributed by atoms with E-state index in [1.54, 1.807) is 0 Å². The smallest absolute Gasteiger partial charge is 0.0493 e. The minimum atomic E-state index is 0.0226. The van der Waals surface area contributed by atoms with E-state index < -0.39 is 0 Å². The van der Waals surface area contributed by atoms with Crippen LogP contribution in [-0.2, 0) is 10.8 Å². The number of hydrogen-bond acceptors (Lipinski definition) is 1. The summed E-state index contributed by atoms with van der Waals surface area (Å²) >= 11 is 0. The lowest BCUT2D eigenvalue weighted by Crippen LogP contribution is -2.18. The van der Waals surface area contributed by atoms with Gasteiger partial charge in [0.15, 0.2) is 0 Å². The highest BCUT2D eigenvalue weighted by Crippen LogP contribution is 2.60. The van der Waals surface area contributed by atoms with Gasteiger partial charge >= 0.3 is 0 Å². The van der Waals surface area contributed by atoms with Crippen LogP contribution >= 0.6 is 0 Å². The molecule has 0 amide bonds. The van der Waals surface area contributed by atoms with E-state index in [4.69, 9.17) is 0 Å². The SMILES string of the molecule is Cc1ccc(C(C)(C)C)cc1N(c1ccc2cc3c(cc2c1)-c1c-3c(-c2ccccc2)c2ccccc2c1-c1ccccc1)c1cc(C(C)(C)C)ccc1C. The summed E-state index contributed by atoms with van der Waals surface area (Å²) < 4.78 is 0. The average molecular weight is 712 g/mol. The first-order valence-electron chi connectivity index (χ1n) is 19.7. The molecule has 270 valence electrons. The zero-order valence-electron chi connectivity index (χ0n) is 33.4. The topological polar surface area (TPSA) is 3.24 Å². The Balaban J connectivity index is 1.30. The van der Waals surface area contributed by atoms with Crippen molar-refractivity contribution in [2.75, 3.05) is 4.90 Å². The van der Waals surface area contributed by atoms with Gasteiger partial charge in [-0.25, -0.2) is 0 Å². The standard InChI is InChI=1S/C54H49N/c1-34-23-26-40(53(3,4)5)32-47(34)55(48-33-41(54(6,7)8)27-24-35(48)2)42-28-25-38-30-45-46(31-39(38)29-42)52-50(37-19-13-10-14-20-37)44-22-16-15-21-43(44)49(51(45)52)36-17-11-9-12-18-36/h9-33H,1-8H3. The van der Waals surface area contributed by atoms with Crippen LogP contribution in [0.15, 0.2) is 152 Å². The van der Waals surface area contributed by atoms with E-state index in [-0.39, 0.29) is 10.8 Å². The van der Waals surface area contributed by atoms with Gasteiger partial charge < -0.3 is 4.90 Å². The van der Waals surface area contributed by atoms with Crippen molar-refractivity contribution in [2.45, 2.75) is 66.2 Å². The van der Waals surface area contributed by atoms with Crippen LogP contribution in [0.1, 0.15) is 63.8 Å². The van der Waals surface area contributed by atoms with E-state index in [2.05, 4.69) is 212 Å². The number of aryl methyl sites for hydroxylation is 2. The molecular weight excluding hydrogens is 663 g/mol. The quantitative estimate of drug-likeness (QED) is 0.172. The fraction of sp³-hybridized carbons (Fsp3) is 0.185. The Hall–Kier alpha value is -5.92. The lowest BCUT2D eigenvalue weighted by molar-refractivity contribution is 0.590. The molecule has 0 heterocycles. The summed E-state index contributed by atoms with van der Waals surface area (Å²) in [5, 5.41) is 5.08. The van der Waals surface area contributed by atoms with E-state index >= 15 is 0 Å². The molecule has 0 atom stereocenters. The van der Waals surface area contributed by atoms with Gasteiger partial charge in [-0.15, -0.1) is 0 Å². The summed E-state index contributed by atoms with van der Waals surface area (Å²) in [6, 6.07) is 56.9. The Morgan fingerprint density at radius 3 is 1.27 bits per heavy atom. The van der Waals surface area contributed by atoms with Crippen molar-refractivity contribution in [3.63, 3.8) is 0 Å². The van der Waals surface area contributed by atoms with Crippen molar-refractivity contribution < 1.29 is 0 Å². The van der Waals surface area contributed by atoms with Crippen LogP contribution < -0.4 is 4.90 Å². The zero-order chi connectivity index (χ0) is 38.2. The summed E-state index contributed by atoms with van der Waals surface area (Å²) in [6.45, 7) is 18.3. The molecule has 0 bridgehead atoms. The van der Waals surface area contributed by atoms with E-state index in [1.165, 1.54) is 105 Å². The van der Waals surface area contributed by atoms with Crippen LogP contribution in [-0.4, -0.2) is 0 Å². The minimum absolute atomic E-state index is 0.0226. The second-order valence-electron chi connectivity index (χ2n) is 17.5. The first-order chi connectivity index (χ1) is 26.4. The Bertz CT molecular complexity index is 2710. The molecule has 0 aromatic heterocycles. The monoisotopic (exact) mass is 711 g/mol. The van der Waals surface area contributed by atoms with Crippen molar-refractivity contribution in [2.24, 2.45) is 0 Å². The third-order valence-corrected chi connectivity index (χ3v) is 11.7. The van der Waals surface area contributed by atoms with Crippen molar-refractivity contribution >= 4 is 38.6 Å². The molecule has 1 aliphatic carbocycles.